The molecule has 5 nitrogen and oxygen atoms in total. The van der Waals surface area contributed by atoms with E-state index < -0.39 is 11.9 Å². The zero-order chi connectivity index (χ0) is 16.5. The molecule has 0 saturated heterocycles. The van der Waals surface area contributed by atoms with Gasteiger partial charge in [0.05, 0.1) is 13.2 Å². The molecule has 0 amide bonds. The Bertz CT molecular complexity index is 531. The van der Waals surface area contributed by atoms with Crippen molar-refractivity contribution in [3.8, 4) is 0 Å². The topological polar surface area (TPSA) is 65.5 Å². The zero-order valence-corrected chi connectivity index (χ0v) is 13.1. The number of carbonyl (C=O) groups is 2. The van der Waals surface area contributed by atoms with E-state index in [2.05, 4.69) is 18.1 Å². The van der Waals surface area contributed by atoms with Crippen LogP contribution in [-0.4, -0.2) is 30.1 Å². The first-order valence-corrected chi connectivity index (χ1v) is 7.00. The molecule has 1 heterocycles. The van der Waals surface area contributed by atoms with E-state index in [9.17, 15) is 9.59 Å². The van der Waals surface area contributed by atoms with Crippen molar-refractivity contribution in [2.75, 3.05) is 13.2 Å². The molecule has 1 aromatic rings. The van der Waals surface area contributed by atoms with Gasteiger partial charge in [-0.05, 0) is 26.0 Å². The maximum absolute atomic E-state index is 11.3. The summed E-state index contributed by atoms with van der Waals surface area (Å²) in [5.74, 6) is -0.800. The lowest BCUT2D eigenvalue weighted by molar-refractivity contribution is -0.139. The maximum Gasteiger partial charge on any atom is 0.333 e. The van der Waals surface area contributed by atoms with Gasteiger partial charge in [-0.15, -0.1) is 0 Å². The van der Waals surface area contributed by atoms with Gasteiger partial charge in [0.2, 0.25) is 0 Å². The van der Waals surface area contributed by atoms with Gasteiger partial charge >= 0.3 is 11.9 Å². The van der Waals surface area contributed by atoms with Crippen molar-refractivity contribution in [2.24, 2.45) is 0 Å². The van der Waals surface area contributed by atoms with Crippen LogP contribution in [0.25, 0.3) is 0 Å². The Morgan fingerprint density at radius 1 is 0.955 bits per heavy atom. The Kier molecular flexibility index (Phi) is 7.02. The standard InChI is InChI=1S/C17H21NO4/c1-12(2)16(19)21-10-8-14-6-5-7-15(18-14)9-11-22-17(20)13(3)4/h5-7H,1,3,8-11H2,2,4H3. The molecule has 22 heavy (non-hydrogen) atoms. The maximum atomic E-state index is 11.3. The van der Waals surface area contributed by atoms with Gasteiger partial charge in [0, 0.05) is 35.4 Å². The number of aromatic nitrogens is 1. The second-order valence-electron chi connectivity index (χ2n) is 4.95. The van der Waals surface area contributed by atoms with Crippen LogP contribution in [0.4, 0.5) is 0 Å². The fourth-order valence-corrected chi connectivity index (χ4v) is 1.55. The minimum absolute atomic E-state index is 0.257. The van der Waals surface area contributed by atoms with Gasteiger partial charge in [0.1, 0.15) is 0 Å². The van der Waals surface area contributed by atoms with Crippen molar-refractivity contribution < 1.29 is 19.1 Å². The first-order chi connectivity index (χ1) is 10.4. The van der Waals surface area contributed by atoms with Crippen LogP contribution in [0.2, 0.25) is 0 Å². The van der Waals surface area contributed by atoms with E-state index in [1.54, 1.807) is 13.8 Å². The molecule has 0 saturated carbocycles. The van der Waals surface area contributed by atoms with Crippen molar-refractivity contribution >= 4 is 11.9 Å². The molecule has 0 aliphatic carbocycles. The smallest absolute Gasteiger partial charge is 0.333 e. The lowest BCUT2D eigenvalue weighted by atomic mass is 10.2. The summed E-state index contributed by atoms with van der Waals surface area (Å²) in [6.45, 7) is 10.8. The summed E-state index contributed by atoms with van der Waals surface area (Å²) in [4.78, 5) is 27.0. The summed E-state index contributed by atoms with van der Waals surface area (Å²) in [7, 11) is 0. The van der Waals surface area contributed by atoms with E-state index in [0.29, 0.717) is 24.0 Å². The predicted octanol–water partition coefficient (Wildman–Crippen LogP) is 2.41. The number of hydrogen-bond donors (Lipinski definition) is 0. The molecule has 0 spiro atoms. The van der Waals surface area contributed by atoms with Crippen LogP contribution in [0.5, 0.6) is 0 Å². The summed E-state index contributed by atoms with van der Waals surface area (Å²) in [5.41, 5.74) is 2.39. The SMILES string of the molecule is C=C(C)C(=O)OCCc1cccc(CCOC(=O)C(=C)C)n1. The molecule has 0 aromatic carbocycles. The summed E-state index contributed by atoms with van der Waals surface area (Å²) < 4.78 is 10.1. The van der Waals surface area contributed by atoms with Crippen LogP contribution in [0.3, 0.4) is 0 Å². The van der Waals surface area contributed by atoms with Crippen molar-refractivity contribution in [1.29, 1.82) is 0 Å². The van der Waals surface area contributed by atoms with Crippen molar-refractivity contribution in [3.05, 3.63) is 53.9 Å². The first kappa shape index (κ1) is 17.6. The second kappa shape index (κ2) is 8.77. The number of carbonyl (C=O) groups excluding carboxylic acids is 2. The molecule has 5 heteroatoms. The molecule has 1 aromatic heterocycles. The van der Waals surface area contributed by atoms with E-state index in [-0.39, 0.29) is 13.2 Å². The molecule has 118 valence electrons. The molecule has 0 radical (unpaired) electrons. The molecule has 0 N–H and O–H groups in total. The van der Waals surface area contributed by atoms with E-state index in [4.69, 9.17) is 9.47 Å². The predicted molar refractivity (Wildman–Crippen MR) is 83.2 cm³/mol. The van der Waals surface area contributed by atoms with Gasteiger partial charge in [0.25, 0.3) is 0 Å². The van der Waals surface area contributed by atoms with Gasteiger partial charge in [0.15, 0.2) is 0 Å². The van der Waals surface area contributed by atoms with Gasteiger partial charge in [-0.2, -0.15) is 0 Å². The third-order valence-corrected chi connectivity index (χ3v) is 2.74. The van der Waals surface area contributed by atoms with Crippen LogP contribution in [0.1, 0.15) is 25.2 Å². The van der Waals surface area contributed by atoms with Gasteiger partial charge in [-0.1, -0.05) is 19.2 Å². The number of ether oxygens (including phenoxy) is 2. The Morgan fingerprint density at radius 2 is 1.36 bits per heavy atom. The molecule has 0 bridgehead atoms. The minimum Gasteiger partial charge on any atom is -0.462 e. The van der Waals surface area contributed by atoms with Crippen LogP contribution in [-0.2, 0) is 31.9 Å². The average Bonchev–Trinajstić information content (AvgIpc) is 2.47. The van der Waals surface area contributed by atoms with Crippen LogP contribution in [0, 0.1) is 0 Å². The lowest BCUT2D eigenvalue weighted by Crippen LogP contribution is -2.10. The van der Waals surface area contributed by atoms with E-state index >= 15 is 0 Å². The first-order valence-electron chi connectivity index (χ1n) is 7.00. The Labute approximate surface area is 130 Å². The number of rotatable bonds is 8. The van der Waals surface area contributed by atoms with E-state index in [1.807, 2.05) is 18.2 Å². The third-order valence-electron chi connectivity index (χ3n) is 2.74. The third kappa shape index (κ3) is 6.35. The Balaban J connectivity index is 2.42. The van der Waals surface area contributed by atoms with Crippen LogP contribution >= 0.6 is 0 Å². The highest BCUT2D eigenvalue weighted by atomic mass is 16.5. The molecule has 0 fully saturated rings. The highest BCUT2D eigenvalue weighted by Crippen LogP contribution is 2.04. The number of hydrogen-bond acceptors (Lipinski definition) is 5. The molecular weight excluding hydrogens is 282 g/mol. The summed E-state index contributed by atoms with van der Waals surface area (Å²) in [5, 5.41) is 0. The molecule has 1 rings (SSSR count). The number of esters is 2. The van der Waals surface area contributed by atoms with Crippen molar-refractivity contribution in [2.45, 2.75) is 26.7 Å². The van der Waals surface area contributed by atoms with Crippen LogP contribution < -0.4 is 0 Å². The van der Waals surface area contributed by atoms with Gasteiger partial charge in [-0.25, -0.2) is 9.59 Å². The normalized spacial score (nSPS) is 9.91. The highest BCUT2D eigenvalue weighted by molar-refractivity contribution is 5.87. The molecule has 0 atom stereocenters. The molecule has 0 aliphatic heterocycles. The Hall–Kier alpha value is -2.43. The minimum atomic E-state index is -0.400. The molecule has 0 aliphatic rings. The second-order valence-corrected chi connectivity index (χ2v) is 4.95. The number of pyridine rings is 1. The van der Waals surface area contributed by atoms with Crippen LogP contribution in [0.15, 0.2) is 42.5 Å². The summed E-state index contributed by atoms with van der Waals surface area (Å²) in [6.07, 6.45) is 1.05. The van der Waals surface area contributed by atoms with E-state index in [1.165, 1.54) is 0 Å². The van der Waals surface area contributed by atoms with Gasteiger partial charge in [-0.3, -0.25) is 4.98 Å². The fourth-order valence-electron chi connectivity index (χ4n) is 1.55. The summed E-state index contributed by atoms with van der Waals surface area (Å²) in [6, 6.07) is 5.59. The monoisotopic (exact) mass is 303 g/mol. The Morgan fingerprint density at radius 3 is 1.73 bits per heavy atom. The molecule has 0 unspecified atom stereocenters. The largest absolute Gasteiger partial charge is 0.462 e. The fraction of sp³-hybridized carbons (Fsp3) is 0.353. The van der Waals surface area contributed by atoms with Gasteiger partial charge < -0.3 is 9.47 Å². The van der Waals surface area contributed by atoms with Crippen molar-refractivity contribution in [3.63, 3.8) is 0 Å². The summed E-state index contributed by atoms with van der Waals surface area (Å²) >= 11 is 0. The highest BCUT2D eigenvalue weighted by Gasteiger charge is 2.06. The lowest BCUT2D eigenvalue weighted by Gasteiger charge is -2.07. The average molecular weight is 303 g/mol. The van der Waals surface area contributed by atoms with E-state index in [0.717, 1.165) is 11.4 Å². The van der Waals surface area contributed by atoms with Crippen molar-refractivity contribution in [1.82, 2.24) is 4.98 Å². The quantitative estimate of drug-likeness (QED) is 0.545. The number of nitrogens with zero attached hydrogens (tertiary/aromatic N) is 1. The zero-order valence-electron chi connectivity index (χ0n) is 13.1. The molecular formula is C17H21NO4.